The molecule has 2 aromatic rings. The van der Waals surface area contributed by atoms with Crippen molar-refractivity contribution in [1.82, 2.24) is 10.2 Å². The Bertz CT molecular complexity index is 1000. The maximum atomic E-state index is 12.7. The zero-order valence-corrected chi connectivity index (χ0v) is 14.9. The number of nitrogen functional groups attached to an aromatic ring is 1. The number of hydrogen-bond acceptors (Lipinski definition) is 5. The molecule has 2 aromatic carbocycles. The van der Waals surface area contributed by atoms with Crippen LogP contribution in [0.5, 0.6) is 0 Å². The predicted molar refractivity (Wildman–Crippen MR) is 101 cm³/mol. The molecule has 1 unspecified atom stereocenters. The van der Waals surface area contributed by atoms with Gasteiger partial charge in [-0.1, -0.05) is 0 Å². The summed E-state index contributed by atoms with van der Waals surface area (Å²) >= 11 is 0. The van der Waals surface area contributed by atoms with E-state index in [4.69, 9.17) is 5.73 Å². The van der Waals surface area contributed by atoms with Gasteiger partial charge in [-0.05, 0) is 54.4 Å². The number of rotatable bonds is 3. The summed E-state index contributed by atoms with van der Waals surface area (Å²) in [6.45, 7) is 0.226. The first kappa shape index (κ1) is 17.7. The minimum absolute atomic E-state index is 0.200. The number of carbonyl (C=O) groups is 4. The normalized spacial score (nSPS) is 18.6. The van der Waals surface area contributed by atoms with Crippen LogP contribution in [0.25, 0.3) is 0 Å². The zero-order chi connectivity index (χ0) is 19.8. The standard InChI is InChI=1S/C20H18N4O4/c21-13-2-4-14(5-3-13)22-18(26)11-1-6-15-12(9-11)10-24(20(15)28)16-7-8-17(25)23-19(16)27/h1-6,9,16H,7-8,10,21H2,(H,22,26)(H,23,25,27). The lowest BCUT2D eigenvalue weighted by atomic mass is 10.0. The van der Waals surface area contributed by atoms with Crippen molar-refractivity contribution < 1.29 is 19.2 Å². The van der Waals surface area contributed by atoms with Gasteiger partial charge in [-0.15, -0.1) is 0 Å². The van der Waals surface area contributed by atoms with Crippen molar-refractivity contribution in [2.24, 2.45) is 0 Å². The molecule has 142 valence electrons. The Morgan fingerprint density at radius 3 is 2.57 bits per heavy atom. The molecule has 0 radical (unpaired) electrons. The van der Waals surface area contributed by atoms with Gasteiger partial charge in [0.15, 0.2) is 0 Å². The number of imide groups is 1. The molecule has 0 bridgehead atoms. The number of nitrogens with zero attached hydrogens (tertiary/aromatic N) is 1. The largest absolute Gasteiger partial charge is 0.399 e. The lowest BCUT2D eigenvalue weighted by molar-refractivity contribution is -0.136. The number of piperidine rings is 1. The van der Waals surface area contributed by atoms with E-state index in [1.807, 2.05) is 0 Å². The third kappa shape index (κ3) is 3.20. The van der Waals surface area contributed by atoms with E-state index in [1.54, 1.807) is 42.5 Å². The van der Waals surface area contributed by atoms with Crippen LogP contribution in [0, 0.1) is 0 Å². The van der Waals surface area contributed by atoms with Gasteiger partial charge in [0, 0.05) is 35.5 Å². The highest BCUT2D eigenvalue weighted by Gasteiger charge is 2.39. The van der Waals surface area contributed by atoms with Gasteiger partial charge >= 0.3 is 0 Å². The van der Waals surface area contributed by atoms with Crippen molar-refractivity contribution in [1.29, 1.82) is 0 Å². The fourth-order valence-corrected chi connectivity index (χ4v) is 3.49. The molecule has 0 aromatic heterocycles. The Kier molecular flexibility index (Phi) is 4.31. The minimum atomic E-state index is -0.676. The predicted octanol–water partition coefficient (Wildman–Crippen LogP) is 1.28. The third-order valence-electron chi connectivity index (χ3n) is 4.95. The molecule has 4 amide bonds. The first-order valence-electron chi connectivity index (χ1n) is 8.87. The molecule has 0 aliphatic carbocycles. The highest BCUT2D eigenvalue weighted by molar-refractivity contribution is 6.08. The summed E-state index contributed by atoms with van der Waals surface area (Å²) < 4.78 is 0. The van der Waals surface area contributed by atoms with Crippen molar-refractivity contribution in [3.8, 4) is 0 Å². The average molecular weight is 378 g/mol. The van der Waals surface area contributed by atoms with Gasteiger partial charge in [0.05, 0.1) is 0 Å². The second kappa shape index (κ2) is 6.80. The van der Waals surface area contributed by atoms with Crippen molar-refractivity contribution in [3.05, 3.63) is 59.2 Å². The van der Waals surface area contributed by atoms with Crippen molar-refractivity contribution in [3.63, 3.8) is 0 Å². The van der Waals surface area contributed by atoms with Crippen LogP contribution >= 0.6 is 0 Å². The molecule has 2 heterocycles. The zero-order valence-electron chi connectivity index (χ0n) is 14.9. The summed E-state index contributed by atoms with van der Waals surface area (Å²) in [5.41, 5.74) is 8.41. The molecule has 0 spiro atoms. The van der Waals surface area contributed by atoms with E-state index < -0.39 is 11.9 Å². The van der Waals surface area contributed by atoms with Crippen molar-refractivity contribution >= 4 is 35.0 Å². The van der Waals surface area contributed by atoms with E-state index >= 15 is 0 Å². The Balaban J connectivity index is 1.52. The summed E-state index contributed by atoms with van der Waals surface area (Å²) in [6.07, 6.45) is 0.501. The summed E-state index contributed by atoms with van der Waals surface area (Å²) in [5.74, 6) is -1.36. The second-order valence-electron chi connectivity index (χ2n) is 6.85. The molecule has 28 heavy (non-hydrogen) atoms. The molecule has 8 nitrogen and oxygen atoms in total. The Labute approximate surface area is 160 Å². The molecule has 0 saturated carbocycles. The first-order chi connectivity index (χ1) is 13.4. The lowest BCUT2D eigenvalue weighted by Crippen LogP contribution is -2.52. The van der Waals surface area contributed by atoms with E-state index in [1.165, 1.54) is 4.90 Å². The maximum absolute atomic E-state index is 12.7. The summed E-state index contributed by atoms with van der Waals surface area (Å²) in [5, 5.41) is 5.05. The van der Waals surface area contributed by atoms with Gasteiger partial charge in [0.25, 0.3) is 11.8 Å². The van der Waals surface area contributed by atoms with Crippen LogP contribution in [0.4, 0.5) is 11.4 Å². The Morgan fingerprint density at radius 2 is 1.86 bits per heavy atom. The molecule has 2 aliphatic rings. The number of anilines is 2. The van der Waals surface area contributed by atoms with Crippen molar-refractivity contribution in [2.75, 3.05) is 11.1 Å². The van der Waals surface area contributed by atoms with Gasteiger partial charge < -0.3 is 16.0 Å². The molecular formula is C20H18N4O4. The molecule has 4 rings (SSSR count). The fraction of sp³-hybridized carbons (Fsp3) is 0.200. The van der Waals surface area contributed by atoms with Crippen LogP contribution < -0.4 is 16.4 Å². The molecule has 1 saturated heterocycles. The second-order valence-corrected chi connectivity index (χ2v) is 6.85. The van der Waals surface area contributed by atoms with Crippen LogP contribution in [0.3, 0.4) is 0 Å². The SMILES string of the molecule is Nc1ccc(NC(=O)c2ccc3c(c2)CN(C2CCC(=O)NC2=O)C3=O)cc1. The smallest absolute Gasteiger partial charge is 0.255 e. The third-order valence-corrected chi connectivity index (χ3v) is 4.95. The van der Waals surface area contributed by atoms with Gasteiger partial charge in [-0.2, -0.15) is 0 Å². The number of carbonyl (C=O) groups excluding carboxylic acids is 4. The topological polar surface area (TPSA) is 122 Å². The van der Waals surface area contributed by atoms with Crippen LogP contribution in [0.2, 0.25) is 0 Å². The molecule has 1 fully saturated rings. The number of hydrogen-bond donors (Lipinski definition) is 3. The number of nitrogens with two attached hydrogens (primary N) is 1. The summed E-state index contributed by atoms with van der Waals surface area (Å²) in [7, 11) is 0. The quantitative estimate of drug-likeness (QED) is 0.549. The minimum Gasteiger partial charge on any atom is -0.399 e. The molecular weight excluding hydrogens is 360 g/mol. The van der Waals surface area contributed by atoms with Gasteiger partial charge in [0.1, 0.15) is 6.04 Å². The van der Waals surface area contributed by atoms with Crippen LogP contribution in [0.1, 0.15) is 39.1 Å². The molecule has 4 N–H and O–H groups in total. The van der Waals surface area contributed by atoms with E-state index in [9.17, 15) is 19.2 Å². The van der Waals surface area contributed by atoms with Gasteiger partial charge in [0.2, 0.25) is 11.8 Å². The fourth-order valence-electron chi connectivity index (χ4n) is 3.49. The van der Waals surface area contributed by atoms with Crippen molar-refractivity contribution in [2.45, 2.75) is 25.4 Å². The van der Waals surface area contributed by atoms with Crippen LogP contribution in [0.15, 0.2) is 42.5 Å². The highest BCUT2D eigenvalue weighted by Crippen LogP contribution is 2.28. The lowest BCUT2D eigenvalue weighted by Gasteiger charge is -2.29. The molecule has 8 heteroatoms. The van der Waals surface area contributed by atoms with E-state index in [0.29, 0.717) is 34.5 Å². The maximum Gasteiger partial charge on any atom is 0.255 e. The van der Waals surface area contributed by atoms with Gasteiger partial charge in [-0.25, -0.2) is 0 Å². The van der Waals surface area contributed by atoms with E-state index in [0.717, 1.165) is 0 Å². The first-order valence-corrected chi connectivity index (χ1v) is 8.87. The van der Waals surface area contributed by atoms with Crippen LogP contribution in [-0.4, -0.2) is 34.6 Å². The van der Waals surface area contributed by atoms with E-state index in [-0.39, 0.29) is 30.7 Å². The summed E-state index contributed by atoms with van der Waals surface area (Å²) in [4.78, 5) is 50.1. The number of benzene rings is 2. The van der Waals surface area contributed by atoms with Crippen LogP contribution in [-0.2, 0) is 16.1 Å². The monoisotopic (exact) mass is 378 g/mol. The number of fused-ring (bicyclic) bond motifs is 1. The number of amides is 4. The Morgan fingerprint density at radius 1 is 1.11 bits per heavy atom. The average Bonchev–Trinajstić information content (AvgIpc) is 2.99. The van der Waals surface area contributed by atoms with E-state index in [2.05, 4.69) is 10.6 Å². The number of nitrogens with one attached hydrogen (secondary N) is 2. The summed E-state index contributed by atoms with van der Waals surface area (Å²) in [6, 6.07) is 10.9. The molecule has 2 aliphatic heterocycles. The van der Waals surface area contributed by atoms with Gasteiger partial charge in [-0.3, -0.25) is 24.5 Å². The Hall–Kier alpha value is -3.68. The molecule has 1 atom stereocenters. The highest BCUT2D eigenvalue weighted by atomic mass is 16.2.